The predicted molar refractivity (Wildman–Crippen MR) is 123 cm³/mol. The molecule has 0 aliphatic rings. The molecule has 0 saturated carbocycles. The largest absolute Gasteiger partial charge is 0.467 e. The van der Waals surface area contributed by atoms with E-state index < -0.39 is 9.84 Å². The minimum Gasteiger partial charge on any atom is -0.467 e. The van der Waals surface area contributed by atoms with E-state index in [1.165, 1.54) is 22.5 Å². The van der Waals surface area contributed by atoms with Gasteiger partial charge in [-0.05, 0) is 35.9 Å². The molecule has 0 N–H and O–H groups in total. The normalized spacial score (nSPS) is 11.6. The van der Waals surface area contributed by atoms with Crippen LogP contribution >= 0.6 is 22.9 Å². The number of thiazole rings is 1. The van der Waals surface area contributed by atoms with Crippen LogP contribution in [0, 0.1) is 0 Å². The number of rotatable bonds is 8. The molecule has 0 aliphatic heterocycles. The summed E-state index contributed by atoms with van der Waals surface area (Å²) in [5.74, 6) is -0.0959. The van der Waals surface area contributed by atoms with Crippen LogP contribution in [0.2, 0.25) is 5.02 Å². The predicted octanol–water partition coefficient (Wildman–Crippen LogP) is 5.08. The maximum absolute atomic E-state index is 13.1. The van der Waals surface area contributed by atoms with Crippen molar-refractivity contribution in [2.45, 2.75) is 18.7 Å². The summed E-state index contributed by atoms with van der Waals surface area (Å²) in [4.78, 5) is 19.1. The molecule has 0 atom stereocenters. The molecule has 0 aliphatic carbocycles. The third-order valence-electron chi connectivity index (χ3n) is 4.62. The lowest BCUT2D eigenvalue weighted by molar-refractivity contribution is -0.118. The average Bonchev–Trinajstić information content (AvgIpc) is 3.40. The number of nitrogens with zero attached hydrogens (tertiary/aromatic N) is 2. The first kappa shape index (κ1) is 21.5. The fraction of sp³-hybridized carbons (Fsp3) is 0.182. The Morgan fingerprint density at radius 1 is 1.10 bits per heavy atom. The summed E-state index contributed by atoms with van der Waals surface area (Å²) in [5, 5.41) is 1.05. The number of sulfone groups is 1. The first-order valence-corrected chi connectivity index (χ1v) is 12.5. The van der Waals surface area contributed by atoms with Crippen molar-refractivity contribution in [2.75, 3.05) is 10.7 Å². The van der Waals surface area contributed by atoms with Gasteiger partial charge in [-0.1, -0.05) is 53.3 Å². The topological polar surface area (TPSA) is 80.5 Å². The fourth-order valence-corrected chi connectivity index (χ4v) is 5.69. The third-order valence-corrected chi connectivity index (χ3v) is 7.50. The molecular formula is C22H19ClN2O4S2. The Morgan fingerprint density at radius 2 is 1.90 bits per heavy atom. The summed E-state index contributed by atoms with van der Waals surface area (Å²) in [6.45, 7) is 0.165. The Morgan fingerprint density at radius 3 is 2.65 bits per heavy atom. The van der Waals surface area contributed by atoms with Gasteiger partial charge < -0.3 is 4.42 Å². The molecule has 0 spiro atoms. The lowest BCUT2D eigenvalue weighted by Gasteiger charge is -2.18. The Balaban J connectivity index is 1.53. The summed E-state index contributed by atoms with van der Waals surface area (Å²) in [6.07, 6.45) is 1.38. The van der Waals surface area contributed by atoms with E-state index in [1.807, 2.05) is 6.07 Å². The zero-order chi connectivity index (χ0) is 21.8. The molecule has 2 heterocycles. The van der Waals surface area contributed by atoms with Crippen LogP contribution in [-0.2, 0) is 26.9 Å². The minimum absolute atomic E-state index is 0.0983. The second-order valence-electron chi connectivity index (χ2n) is 7.00. The first-order valence-electron chi connectivity index (χ1n) is 9.53. The molecule has 9 heteroatoms. The highest BCUT2D eigenvalue weighted by Gasteiger charge is 2.23. The molecule has 6 nitrogen and oxygen atoms in total. The molecule has 0 saturated heterocycles. The molecule has 0 unspecified atom stereocenters. The van der Waals surface area contributed by atoms with E-state index in [9.17, 15) is 13.2 Å². The second-order valence-corrected chi connectivity index (χ2v) is 10.6. The van der Waals surface area contributed by atoms with E-state index in [4.69, 9.17) is 16.0 Å². The fourth-order valence-electron chi connectivity index (χ4n) is 3.10. The van der Waals surface area contributed by atoms with Crippen molar-refractivity contribution >= 4 is 54.0 Å². The van der Waals surface area contributed by atoms with Crippen molar-refractivity contribution in [1.29, 1.82) is 0 Å². The van der Waals surface area contributed by atoms with E-state index >= 15 is 0 Å². The summed E-state index contributed by atoms with van der Waals surface area (Å²) in [5.41, 5.74) is 1.42. The molecule has 160 valence electrons. The number of fused-ring (bicyclic) bond motifs is 1. The summed E-state index contributed by atoms with van der Waals surface area (Å²) in [7, 11) is -3.44. The highest BCUT2D eigenvalue weighted by atomic mass is 35.5. The zero-order valence-electron chi connectivity index (χ0n) is 16.4. The summed E-state index contributed by atoms with van der Waals surface area (Å²) < 4.78 is 31.3. The van der Waals surface area contributed by atoms with Gasteiger partial charge in [-0.3, -0.25) is 9.69 Å². The lowest BCUT2D eigenvalue weighted by atomic mass is 10.2. The molecular weight excluding hydrogens is 456 g/mol. The van der Waals surface area contributed by atoms with Crippen molar-refractivity contribution in [3.05, 3.63) is 83.3 Å². The minimum atomic E-state index is -3.44. The molecule has 0 bridgehead atoms. The smallest absolute Gasteiger partial charge is 0.230 e. The van der Waals surface area contributed by atoms with Gasteiger partial charge in [0.25, 0.3) is 0 Å². The van der Waals surface area contributed by atoms with Crippen molar-refractivity contribution in [1.82, 2.24) is 4.98 Å². The van der Waals surface area contributed by atoms with Crippen LogP contribution in [0.3, 0.4) is 0 Å². The van der Waals surface area contributed by atoms with Gasteiger partial charge in [-0.15, -0.1) is 0 Å². The van der Waals surface area contributed by atoms with Gasteiger partial charge in [-0.25, -0.2) is 13.4 Å². The number of carbonyl (C=O) groups is 1. The second kappa shape index (κ2) is 9.21. The van der Waals surface area contributed by atoms with E-state index in [2.05, 4.69) is 4.98 Å². The maximum atomic E-state index is 13.1. The van der Waals surface area contributed by atoms with E-state index in [0.29, 0.717) is 21.5 Å². The number of hydrogen-bond donors (Lipinski definition) is 0. The number of amides is 1. The maximum Gasteiger partial charge on any atom is 0.230 e. The van der Waals surface area contributed by atoms with Crippen LogP contribution in [0.5, 0.6) is 0 Å². The molecule has 0 radical (unpaired) electrons. The Hall–Kier alpha value is -2.68. The third kappa shape index (κ3) is 5.52. The number of hydrogen-bond acceptors (Lipinski definition) is 6. The number of anilines is 1. The van der Waals surface area contributed by atoms with Crippen LogP contribution in [0.15, 0.2) is 71.3 Å². The SMILES string of the molecule is O=C(CCS(=O)(=O)Cc1ccccc1)N(Cc1ccco1)c1nc2ccc(Cl)cc2s1. The lowest BCUT2D eigenvalue weighted by Crippen LogP contribution is -2.31. The number of furan rings is 1. The van der Waals surface area contributed by atoms with Crippen molar-refractivity contribution < 1.29 is 17.6 Å². The van der Waals surface area contributed by atoms with Gasteiger partial charge in [0.15, 0.2) is 15.0 Å². The van der Waals surface area contributed by atoms with Crippen LogP contribution in [-0.4, -0.2) is 25.1 Å². The van der Waals surface area contributed by atoms with Gasteiger partial charge in [0.2, 0.25) is 5.91 Å². The highest BCUT2D eigenvalue weighted by Crippen LogP contribution is 2.32. The number of carbonyl (C=O) groups excluding carboxylic acids is 1. The highest BCUT2D eigenvalue weighted by molar-refractivity contribution is 7.90. The van der Waals surface area contributed by atoms with Gasteiger partial charge in [0, 0.05) is 11.4 Å². The van der Waals surface area contributed by atoms with E-state index in [-0.39, 0.29) is 30.4 Å². The van der Waals surface area contributed by atoms with Crippen molar-refractivity contribution in [2.24, 2.45) is 0 Å². The monoisotopic (exact) mass is 474 g/mol. The zero-order valence-corrected chi connectivity index (χ0v) is 18.8. The van der Waals surface area contributed by atoms with Crippen LogP contribution in [0.25, 0.3) is 10.2 Å². The molecule has 2 aromatic heterocycles. The van der Waals surface area contributed by atoms with Gasteiger partial charge in [0.05, 0.1) is 34.5 Å². The Kier molecular flexibility index (Phi) is 6.41. The van der Waals surface area contributed by atoms with E-state index in [1.54, 1.807) is 54.6 Å². The first-order chi connectivity index (χ1) is 14.9. The molecule has 4 aromatic rings. The average molecular weight is 475 g/mol. The number of benzene rings is 2. The van der Waals surface area contributed by atoms with Gasteiger partial charge >= 0.3 is 0 Å². The Bertz CT molecular complexity index is 1290. The molecule has 1 amide bonds. The standard InChI is InChI=1S/C22H19ClN2O4S2/c23-17-8-9-19-20(13-17)30-22(24-19)25(14-18-7-4-11-29-18)21(26)10-12-31(27,28)15-16-5-2-1-3-6-16/h1-9,11,13H,10,12,14-15H2. The summed E-state index contributed by atoms with van der Waals surface area (Å²) >= 11 is 7.39. The molecule has 4 rings (SSSR count). The van der Waals surface area contributed by atoms with Crippen molar-refractivity contribution in [3.8, 4) is 0 Å². The number of halogens is 1. The molecule has 0 fully saturated rings. The van der Waals surface area contributed by atoms with Crippen LogP contribution < -0.4 is 4.90 Å². The summed E-state index contributed by atoms with van der Waals surface area (Å²) in [6, 6.07) is 17.7. The van der Waals surface area contributed by atoms with E-state index in [0.717, 1.165) is 10.2 Å². The van der Waals surface area contributed by atoms with Gasteiger partial charge in [0.1, 0.15) is 5.76 Å². The Labute approximate surface area is 189 Å². The van der Waals surface area contributed by atoms with Crippen LogP contribution in [0.4, 0.5) is 5.13 Å². The quantitative estimate of drug-likeness (QED) is 0.355. The van der Waals surface area contributed by atoms with Crippen molar-refractivity contribution in [3.63, 3.8) is 0 Å². The molecule has 2 aromatic carbocycles. The molecule has 31 heavy (non-hydrogen) atoms. The van der Waals surface area contributed by atoms with Gasteiger partial charge in [-0.2, -0.15) is 0 Å². The number of aromatic nitrogens is 1. The van der Waals surface area contributed by atoms with Crippen LogP contribution in [0.1, 0.15) is 17.7 Å².